The number of rotatable bonds is 4. The molecule has 0 aliphatic heterocycles. The largest absolute Gasteiger partial charge is 0.437 e. The minimum Gasteiger partial charge on any atom is -0.437 e. The summed E-state index contributed by atoms with van der Waals surface area (Å²) in [6, 6.07) is 9.33. The van der Waals surface area contributed by atoms with E-state index in [1.54, 1.807) is 18.3 Å². The van der Waals surface area contributed by atoms with Crippen LogP contribution >= 0.6 is 11.6 Å². The van der Waals surface area contributed by atoms with Gasteiger partial charge in [-0.1, -0.05) is 17.7 Å². The molecule has 6 nitrogen and oxygen atoms in total. The van der Waals surface area contributed by atoms with Crippen molar-refractivity contribution in [3.8, 4) is 11.6 Å². The van der Waals surface area contributed by atoms with E-state index in [1.807, 2.05) is 32.0 Å². The van der Waals surface area contributed by atoms with E-state index in [1.165, 1.54) is 11.9 Å². The van der Waals surface area contributed by atoms with Gasteiger partial charge in [-0.2, -0.15) is 4.98 Å². The van der Waals surface area contributed by atoms with Crippen LogP contribution in [0.15, 0.2) is 42.9 Å². The molecule has 0 amide bonds. The number of aryl methyl sites for hydroxylation is 2. The van der Waals surface area contributed by atoms with Gasteiger partial charge in [-0.15, -0.1) is 0 Å². The Morgan fingerprint density at radius 2 is 1.92 bits per heavy atom. The van der Waals surface area contributed by atoms with Crippen molar-refractivity contribution in [1.82, 2.24) is 15.0 Å². The molecule has 1 aromatic carbocycles. The van der Waals surface area contributed by atoms with Gasteiger partial charge in [0.05, 0.1) is 5.69 Å². The van der Waals surface area contributed by atoms with Crippen molar-refractivity contribution < 1.29 is 4.74 Å². The summed E-state index contributed by atoms with van der Waals surface area (Å²) in [6.45, 7) is 4.06. The highest BCUT2D eigenvalue weighted by Crippen LogP contribution is 2.32. The predicted octanol–water partition coefficient (Wildman–Crippen LogP) is 4.26. The third-order valence-electron chi connectivity index (χ3n) is 3.55. The van der Waals surface area contributed by atoms with Gasteiger partial charge in [-0.25, -0.2) is 9.97 Å². The van der Waals surface area contributed by atoms with Crippen LogP contribution in [-0.4, -0.2) is 15.0 Å². The summed E-state index contributed by atoms with van der Waals surface area (Å²) in [5, 5.41) is 3.36. The number of pyridine rings is 1. The van der Waals surface area contributed by atoms with Gasteiger partial charge in [0.15, 0.2) is 11.0 Å². The van der Waals surface area contributed by atoms with Crippen LogP contribution in [-0.2, 0) is 0 Å². The van der Waals surface area contributed by atoms with E-state index in [0.29, 0.717) is 22.4 Å². The number of halogens is 1. The van der Waals surface area contributed by atoms with E-state index < -0.39 is 0 Å². The maximum atomic E-state index is 6.12. The number of ether oxygens (including phenoxy) is 1. The van der Waals surface area contributed by atoms with Crippen LogP contribution in [0.5, 0.6) is 11.6 Å². The van der Waals surface area contributed by atoms with Crippen molar-refractivity contribution in [2.45, 2.75) is 13.8 Å². The zero-order valence-corrected chi connectivity index (χ0v) is 14.0. The average Bonchev–Trinajstić information content (AvgIpc) is 2.57. The molecule has 0 fully saturated rings. The number of hydrogen-bond acceptors (Lipinski definition) is 6. The second-order valence-corrected chi connectivity index (χ2v) is 5.61. The van der Waals surface area contributed by atoms with Gasteiger partial charge in [0.25, 0.3) is 0 Å². The van der Waals surface area contributed by atoms with Gasteiger partial charge in [0, 0.05) is 6.20 Å². The highest BCUT2D eigenvalue weighted by molar-refractivity contribution is 6.32. The monoisotopic (exact) mass is 341 g/mol. The standard InChI is InChI=1S/C17H16ClN5O/c1-10-5-6-12(8-11(10)2)24-17-14(19)16(21-9-22-17)23-13-4-3-7-20-15(13)18/h3-9H,19H2,1-2H3,(H,21,22,23). The zero-order valence-electron chi connectivity index (χ0n) is 13.2. The Morgan fingerprint density at radius 3 is 2.67 bits per heavy atom. The van der Waals surface area contributed by atoms with Crippen molar-refractivity contribution in [2.24, 2.45) is 0 Å². The Morgan fingerprint density at radius 1 is 1.08 bits per heavy atom. The van der Waals surface area contributed by atoms with Crippen LogP contribution in [0.25, 0.3) is 0 Å². The van der Waals surface area contributed by atoms with Crippen LogP contribution in [0, 0.1) is 13.8 Å². The lowest BCUT2D eigenvalue weighted by molar-refractivity contribution is 0.464. The van der Waals surface area contributed by atoms with Crippen LogP contribution < -0.4 is 15.8 Å². The summed E-state index contributed by atoms with van der Waals surface area (Å²) >= 11 is 6.04. The maximum absolute atomic E-state index is 6.12. The molecule has 3 rings (SSSR count). The molecule has 2 aromatic heterocycles. The topological polar surface area (TPSA) is 86.0 Å². The molecule has 7 heteroatoms. The Hall–Kier alpha value is -2.86. The maximum Gasteiger partial charge on any atom is 0.248 e. The molecule has 0 saturated carbocycles. The summed E-state index contributed by atoms with van der Waals surface area (Å²) in [5.41, 5.74) is 9.32. The summed E-state index contributed by atoms with van der Waals surface area (Å²) in [7, 11) is 0. The van der Waals surface area contributed by atoms with Gasteiger partial charge >= 0.3 is 0 Å². The van der Waals surface area contributed by atoms with Crippen LogP contribution in [0.2, 0.25) is 5.15 Å². The van der Waals surface area contributed by atoms with E-state index in [4.69, 9.17) is 22.1 Å². The van der Waals surface area contributed by atoms with Gasteiger partial charge < -0.3 is 15.8 Å². The van der Waals surface area contributed by atoms with Gasteiger partial charge in [0.1, 0.15) is 17.8 Å². The normalized spacial score (nSPS) is 10.5. The smallest absolute Gasteiger partial charge is 0.248 e. The fourth-order valence-electron chi connectivity index (χ4n) is 2.06. The molecule has 0 bridgehead atoms. The van der Waals surface area contributed by atoms with E-state index in [9.17, 15) is 0 Å². The first-order chi connectivity index (χ1) is 11.5. The van der Waals surface area contributed by atoms with Gasteiger partial charge in [0.2, 0.25) is 5.88 Å². The fourth-order valence-corrected chi connectivity index (χ4v) is 2.22. The Balaban J connectivity index is 1.88. The highest BCUT2D eigenvalue weighted by atomic mass is 35.5. The van der Waals surface area contributed by atoms with Crippen molar-refractivity contribution >= 4 is 28.8 Å². The molecular formula is C17H16ClN5O. The molecular weight excluding hydrogens is 326 g/mol. The number of nitrogen functional groups attached to an aromatic ring is 1. The van der Waals surface area contributed by atoms with E-state index in [2.05, 4.69) is 20.3 Å². The molecule has 0 spiro atoms. The number of nitrogens with zero attached hydrogens (tertiary/aromatic N) is 3. The molecule has 0 aliphatic rings. The molecule has 0 unspecified atom stereocenters. The molecule has 24 heavy (non-hydrogen) atoms. The first-order valence-electron chi connectivity index (χ1n) is 7.27. The summed E-state index contributed by atoms with van der Waals surface area (Å²) < 4.78 is 5.79. The zero-order chi connectivity index (χ0) is 17.1. The molecule has 0 atom stereocenters. The number of hydrogen-bond donors (Lipinski definition) is 2. The lowest BCUT2D eigenvalue weighted by atomic mass is 10.1. The Kier molecular flexibility index (Phi) is 4.48. The molecule has 122 valence electrons. The Labute approximate surface area is 144 Å². The fraction of sp³-hybridized carbons (Fsp3) is 0.118. The van der Waals surface area contributed by atoms with Crippen molar-refractivity contribution in [3.63, 3.8) is 0 Å². The van der Waals surface area contributed by atoms with Crippen molar-refractivity contribution in [1.29, 1.82) is 0 Å². The van der Waals surface area contributed by atoms with E-state index >= 15 is 0 Å². The van der Waals surface area contributed by atoms with Gasteiger partial charge in [-0.05, 0) is 49.2 Å². The lowest BCUT2D eigenvalue weighted by Gasteiger charge is -2.12. The van der Waals surface area contributed by atoms with Crippen molar-refractivity contribution in [3.05, 3.63) is 59.1 Å². The van der Waals surface area contributed by atoms with Gasteiger partial charge in [-0.3, -0.25) is 0 Å². The second-order valence-electron chi connectivity index (χ2n) is 5.26. The predicted molar refractivity (Wildman–Crippen MR) is 95.0 cm³/mol. The molecule has 0 aliphatic carbocycles. The van der Waals surface area contributed by atoms with Crippen LogP contribution in [0.3, 0.4) is 0 Å². The minimum absolute atomic E-state index is 0.274. The van der Waals surface area contributed by atoms with Crippen LogP contribution in [0.4, 0.5) is 17.2 Å². The highest BCUT2D eigenvalue weighted by Gasteiger charge is 2.12. The number of nitrogens with one attached hydrogen (secondary N) is 1. The quantitative estimate of drug-likeness (QED) is 0.689. The van der Waals surface area contributed by atoms with Crippen LogP contribution in [0.1, 0.15) is 11.1 Å². The SMILES string of the molecule is Cc1ccc(Oc2ncnc(Nc3cccnc3Cl)c2N)cc1C. The second kappa shape index (κ2) is 6.72. The third kappa shape index (κ3) is 3.38. The Bertz CT molecular complexity index is 885. The summed E-state index contributed by atoms with van der Waals surface area (Å²) in [5.74, 6) is 1.34. The average molecular weight is 342 g/mol. The molecule has 3 N–H and O–H groups in total. The number of aromatic nitrogens is 3. The minimum atomic E-state index is 0.274. The molecule has 0 radical (unpaired) electrons. The lowest BCUT2D eigenvalue weighted by Crippen LogP contribution is -2.03. The molecule has 3 aromatic rings. The first-order valence-corrected chi connectivity index (χ1v) is 7.65. The van der Waals surface area contributed by atoms with Crippen molar-refractivity contribution in [2.75, 3.05) is 11.1 Å². The molecule has 0 saturated heterocycles. The van der Waals surface area contributed by atoms with E-state index in [0.717, 1.165) is 5.56 Å². The number of benzene rings is 1. The first kappa shape index (κ1) is 16.0. The summed E-state index contributed by atoms with van der Waals surface area (Å²) in [6.07, 6.45) is 2.98. The molecule has 2 heterocycles. The number of anilines is 3. The van der Waals surface area contributed by atoms with E-state index in [-0.39, 0.29) is 11.6 Å². The number of nitrogens with two attached hydrogens (primary N) is 1. The summed E-state index contributed by atoms with van der Waals surface area (Å²) in [4.78, 5) is 12.2. The third-order valence-corrected chi connectivity index (χ3v) is 3.85.